The number of benzene rings is 1. The number of cyclic esters (lactones) is 1. The largest absolute Gasteiger partial charge is 0.459 e. The van der Waals surface area contributed by atoms with Crippen molar-refractivity contribution < 1.29 is 9.53 Å². The number of rotatable bonds is 2. The van der Waals surface area contributed by atoms with E-state index in [1.54, 1.807) is 0 Å². The van der Waals surface area contributed by atoms with Crippen molar-refractivity contribution in [3.05, 3.63) is 59.7 Å². The first-order valence-electron chi connectivity index (χ1n) is 10.7. The van der Waals surface area contributed by atoms with Gasteiger partial charge in [-0.1, -0.05) is 73.4 Å². The Morgan fingerprint density at radius 1 is 1.07 bits per heavy atom. The lowest BCUT2D eigenvalue weighted by Gasteiger charge is -2.51. The summed E-state index contributed by atoms with van der Waals surface area (Å²) >= 11 is 0. The molecule has 0 aromatic heterocycles. The van der Waals surface area contributed by atoms with E-state index in [1.165, 1.54) is 17.6 Å². The number of carbonyl (C=O) groups is 1. The molecule has 2 aliphatic carbocycles. The molecule has 3 nitrogen and oxygen atoms in total. The summed E-state index contributed by atoms with van der Waals surface area (Å²) in [6.45, 7) is 0.945. The van der Waals surface area contributed by atoms with E-state index >= 15 is 0 Å². The summed E-state index contributed by atoms with van der Waals surface area (Å²) in [6, 6.07) is 10.8. The molecule has 1 aromatic rings. The van der Waals surface area contributed by atoms with Crippen molar-refractivity contribution in [2.24, 2.45) is 5.92 Å². The normalized spacial score (nSPS) is 32.4. The van der Waals surface area contributed by atoms with E-state index in [9.17, 15) is 4.79 Å². The van der Waals surface area contributed by atoms with E-state index in [1.807, 2.05) is 6.07 Å². The molecule has 0 radical (unpaired) electrons. The minimum absolute atomic E-state index is 0.0421. The van der Waals surface area contributed by atoms with Gasteiger partial charge in [0.2, 0.25) is 0 Å². The van der Waals surface area contributed by atoms with E-state index in [-0.39, 0.29) is 23.7 Å². The minimum atomic E-state index is -0.378. The first kappa shape index (κ1) is 17.2. The van der Waals surface area contributed by atoms with Crippen molar-refractivity contribution in [1.82, 2.24) is 4.90 Å². The number of nitrogens with zero attached hydrogens (tertiary/aromatic N) is 1. The Morgan fingerprint density at radius 2 is 1.89 bits per heavy atom. The van der Waals surface area contributed by atoms with Crippen LogP contribution in [0, 0.1) is 5.92 Å². The van der Waals surface area contributed by atoms with Crippen LogP contribution in [-0.4, -0.2) is 35.1 Å². The van der Waals surface area contributed by atoms with Crippen LogP contribution in [0.15, 0.2) is 54.1 Å². The molecule has 1 spiro atoms. The van der Waals surface area contributed by atoms with E-state index in [0.29, 0.717) is 5.92 Å². The zero-order chi connectivity index (χ0) is 18.3. The fourth-order valence-corrected chi connectivity index (χ4v) is 5.81. The molecule has 142 valence electrons. The molecule has 2 saturated heterocycles. The standard InChI is InChI=1S/C24H29NO2/c26-23-24(14-8-3-9-15-24)25-17-19-12-6-2-7-13-20(19)22(25)21(27-23)16-18-10-4-1-5-11-18/h1,4-5,7,10-13,20-22H,2-3,6,8-9,14-17H2/t20-,21+,22-/m1/s1. The van der Waals surface area contributed by atoms with Gasteiger partial charge in [-0.15, -0.1) is 0 Å². The molecule has 27 heavy (non-hydrogen) atoms. The molecule has 2 aliphatic heterocycles. The first-order valence-corrected chi connectivity index (χ1v) is 10.7. The SMILES string of the molecule is O=C1O[C@@H](Cc2ccccc2)[C@H]2[C@@H]3C=CCCC=C3CN2C12CCCCC2. The Balaban J connectivity index is 1.53. The number of ether oxygens (including phenoxy) is 1. The van der Waals surface area contributed by atoms with E-state index in [4.69, 9.17) is 4.74 Å². The van der Waals surface area contributed by atoms with Crippen LogP contribution in [0.3, 0.4) is 0 Å². The Bertz CT molecular complexity index is 760. The molecule has 0 unspecified atom stereocenters. The highest BCUT2D eigenvalue weighted by molar-refractivity contribution is 5.82. The quantitative estimate of drug-likeness (QED) is 0.575. The number of allylic oxidation sites excluding steroid dienone is 2. The third kappa shape index (κ3) is 2.87. The lowest BCUT2D eigenvalue weighted by atomic mass is 9.77. The van der Waals surface area contributed by atoms with Crippen LogP contribution in [0.4, 0.5) is 0 Å². The van der Waals surface area contributed by atoms with Crippen LogP contribution in [0.1, 0.15) is 50.5 Å². The molecule has 2 heterocycles. The maximum absolute atomic E-state index is 13.3. The van der Waals surface area contributed by atoms with Crippen LogP contribution in [-0.2, 0) is 16.0 Å². The Kier molecular flexibility index (Phi) is 4.43. The maximum atomic E-state index is 13.3. The average Bonchev–Trinajstić information content (AvgIpc) is 2.92. The number of morpholine rings is 1. The summed E-state index contributed by atoms with van der Waals surface area (Å²) in [6.07, 6.45) is 15.6. The highest BCUT2D eigenvalue weighted by Gasteiger charge is 2.59. The van der Waals surface area contributed by atoms with Crippen molar-refractivity contribution in [3.8, 4) is 0 Å². The van der Waals surface area contributed by atoms with E-state index in [0.717, 1.165) is 51.5 Å². The molecule has 0 amide bonds. The minimum Gasteiger partial charge on any atom is -0.459 e. The number of esters is 1. The molecule has 0 bridgehead atoms. The third-order valence-electron chi connectivity index (χ3n) is 7.12. The molecule has 3 heteroatoms. The van der Waals surface area contributed by atoms with Crippen molar-refractivity contribution in [2.75, 3.05) is 6.54 Å². The van der Waals surface area contributed by atoms with Gasteiger partial charge >= 0.3 is 5.97 Å². The molecular formula is C24H29NO2. The Labute approximate surface area is 162 Å². The molecule has 1 aromatic carbocycles. The zero-order valence-electron chi connectivity index (χ0n) is 16.0. The third-order valence-corrected chi connectivity index (χ3v) is 7.12. The van der Waals surface area contributed by atoms with Gasteiger partial charge in [0, 0.05) is 18.9 Å². The van der Waals surface area contributed by atoms with Crippen LogP contribution in [0.5, 0.6) is 0 Å². The Morgan fingerprint density at radius 3 is 2.70 bits per heavy atom. The maximum Gasteiger partial charge on any atom is 0.326 e. The second kappa shape index (κ2) is 6.94. The number of fused-ring (bicyclic) bond motifs is 4. The topological polar surface area (TPSA) is 29.5 Å². The van der Waals surface area contributed by atoms with Crippen LogP contribution in [0.25, 0.3) is 0 Å². The lowest BCUT2D eigenvalue weighted by Crippen LogP contribution is -2.66. The summed E-state index contributed by atoms with van der Waals surface area (Å²) in [7, 11) is 0. The predicted octanol–water partition coefficient (Wildman–Crippen LogP) is 4.43. The smallest absolute Gasteiger partial charge is 0.326 e. The number of carbonyl (C=O) groups excluding carboxylic acids is 1. The molecule has 3 fully saturated rings. The van der Waals surface area contributed by atoms with Crippen LogP contribution >= 0.6 is 0 Å². The molecular weight excluding hydrogens is 334 g/mol. The van der Waals surface area contributed by atoms with Gasteiger partial charge in [-0.2, -0.15) is 0 Å². The molecule has 0 N–H and O–H groups in total. The highest BCUT2D eigenvalue weighted by Crippen LogP contribution is 2.48. The summed E-state index contributed by atoms with van der Waals surface area (Å²) in [5, 5.41) is 0. The number of hydrogen-bond acceptors (Lipinski definition) is 3. The van der Waals surface area contributed by atoms with Crippen molar-refractivity contribution in [2.45, 2.75) is 69.1 Å². The monoisotopic (exact) mass is 363 g/mol. The van der Waals surface area contributed by atoms with Gasteiger partial charge in [0.1, 0.15) is 11.6 Å². The average molecular weight is 364 g/mol. The Hall–Kier alpha value is -1.87. The molecule has 3 atom stereocenters. The van der Waals surface area contributed by atoms with E-state index < -0.39 is 0 Å². The first-order chi connectivity index (χ1) is 13.3. The zero-order valence-corrected chi connectivity index (χ0v) is 16.0. The number of hydrogen-bond donors (Lipinski definition) is 0. The lowest BCUT2D eigenvalue weighted by molar-refractivity contribution is -0.189. The van der Waals surface area contributed by atoms with Gasteiger partial charge in [-0.05, 0) is 31.2 Å². The second-order valence-electron chi connectivity index (χ2n) is 8.65. The summed E-state index contributed by atoms with van der Waals surface area (Å²) in [5.41, 5.74) is 2.39. The van der Waals surface area contributed by atoms with Crippen molar-refractivity contribution in [1.29, 1.82) is 0 Å². The van der Waals surface area contributed by atoms with Gasteiger partial charge in [0.15, 0.2) is 0 Å². The fraction of sp³-hybridized carbons (Fsp3) is 0.542. The van der Waals surface area contributed by atoms with Gasteiger partial charge in [0.25, 0.3) is 0 Å². The fourth-order valence-electron chi connectivity index (χ4n) is 5.81. The van der Waals surface area contributed by atoms with Gasteiger partial charge in [-0.25, -0.2) is 0 Å². The predicted molar refractivity (Wildman–Crippen MR) is 106 cm³/mol. The second-order valence-corrected chi connectivity index (χ2v) is 8.65. The van der Waals surface area contributed by atoms with E-state index in [2.05, 4.69) is 47.4 Å². The summed E-state index contributed by atoms with van der Waals surface area (Å²) < 4.78 is 6.25. The molecule has 1 saturated carbocycles. The van der Waals surface area contributed by atoms with Gasteiger partial charge in [0.05, 0.1) is 6.04 Å². The highest BCUT2D eigenvalue weighted by atomic mass is 16.6. The molecule has 5 rings (SSSR count). The summed E-state index contributed by atoms with van der Waals surface area (Å²) in [4.78, 5) is 15.9. The van der Waals surface area contributed by atoms with Crippen molar-refractivity contribution >= 4 is 5.97 Å². The van der Waals surface area contributed by atoms with Crippen molar-refractivity contribution in [3.63, 3.8) is 0 Å². The van der Waals surface area contributed by atoms with Crippen LogP contribution in [0.2, 0.25) is 0 Å². The van der Waals surface area contributed by atoms with Crippen LogP contribution < -0.4 is 0 Å². The summed E-state index contributed by atoms with van der Waals surface area (Å²) in [5.74, 6) is 0.438. The van der Waals surface area contributed by atoms with Gasteiger partial charge < -0.3 is 4.74 Å². The molecule has 4 aliphatic rings. The van der Waals surface area contributed by atoms with Gasteiger partial charge in [-0.3, -0.25) is 9.69 Å².